The number of hydrogen-bond acceptors (Lipinski definition) is 4. The maximum atomic E-state index is 4.88. The third-order valence-corrected chi connectivity index (χ3v) is 4.77. The average molecular weight is 288 g/mol. The van der Waals surface area contributed by atoms with Crippen molar-refractivity contribution in [3.05, 3.63) is 17.0 Å². The van der Waals surface area contributed by atoms with Crippen LogP contribution in [0.15, 0.2) is 0 Å². The molecule has 1 aromatic heterocycles. The van der Waals surface area contributed by atoms with E-state index >= 15 is 0 Å². The van der Waals surface area contributed by atoms with Crippen LogP contribution in [0.5, 0.6) is 0 Å². The van der Waals surface area contributed by atoms with Crippen LogP contribution in [0.25, 0.3) is 0 Å². The average Bonchev–Trinajstić information content (AvgIpc) is 2.99. The summed E-state index contributed by atoms with van der Waals surface area (Å²) in [5.41, 5.74) is 3.93. The fraction of sp³-hybridized carbons (Fsp3) is 0.765. The highest BCUT2D eigenvalue weighted by atomic mass is 15.3. The molecule has 1 aromatic rings. The molecule has 1 aliphatic heterocycles. The van der Waals surface area contributed by atoms with Gasteiger partial charge in [0.15, 0.2) is 0 Å². The van der Waals surface area contributed by atoms with Crippen molar-refractivity contribution in [3.63, 3.8) is 0 Å². The second-order valence-electron chi connectivity index (χ2n) is 6.90. The molecule has 1 unspecified atom stereocenters. The Kier molecular flexibility index (Phi) is 4.43. The Morgan fingerprint density at radius 3 is 2.71 bits per heavy atom. The molecular weight excluding hydrogens is 260 g/mol. The zero-order chi connectivity index (χ0) is 14.8. The van der Waals surface area contributed by atoms with Gasteiger partial charge in [-0.05, 0) is 57.1 Å². The van der Waals surface area contributed by atoms with Gasteiger partial charge in [0, 0.05) is 30.5 Å². The summed E-state index contributed by atoms with van der Waals surface area (Å²) >= 11 is 0. The topological polar surface area (TPSA) is 41.1 Å². The van der Waals surface area contributed by atoms with E-state index in [1.807, 2.05) is 0 Å². The maximum Gasteiger partial charge on any atom is 0.225 e. The molecule has 4 nitrogen and oxygen atoms in total. The Morgan fingerprint density at radius 1 is 1.24 bits per heavy atom. The molecule has 3 rings (SSSR count). The van der Waals surface area contributed by atoms with E-state index in [4.69, 9.17) is 9.97 Å². The first-order valence-electron chi connectivity index (χ1n) is 8.48. The summed E-state index contributed by atoms with van der Waals surface area (Å²) in [5, 5.41) is 3.57. The molecule has 0 amide bonds. The van der Waals surface area contributed by atoms with Gasteiger partial charge in [0.05, 0.1) is 0 Å². The number of rotatable bonds is 4. The zero-order valence-corrected chi connectivity index (χ0v) is 13.7. The molecule has 2 heterocycles. The highest BCUT2D eigenvalue weighted by molar-refractivity contribution is 5.39. The third-order valence-electron chi connectivity index (χ3n) is 4.77. The molecule has 2 aliphatic rings. The predicted molar refractivity (Wildman–Crippen MR) is 86.9 cm³/mol. The quantitative estimate of drug-likeness (QED) is 0.924. The largest absolute Gasteiger partial charge is 0.341 e. The monoisotopic (exact) mass is 288 g/mol. The van der Waals surface area contributed by atoms with E-state index < -0.39 is 0 Å². The summed E-state index contributed by atoms with van der Waals surface area (Å²) in [6.07, 6.45) is 6.07. The summed E-state index contributed by atoms with van der Waals surface area (Å²) in [6, 6.07) is 0.571. The number of hydrogen-bond donors (Lipinski definition) is 1. The first-order valence-corrected chi connectivity index (χ1v) is 8.48. The van der Waals surface area contributed by atoms with Crippen LogP contribution in [0.1, 0.15) is 50.1 Å². The standard InChI is InChI=1S/C17H28N4/c1-12(2)18-11-14-6-7-16-15(10-14)13(3)19-17(20-16)21-8-4-5-9-21/h12,14,18H,4-11H2,1-3H3. The predicted octanol–water partition coefficient (Wildman–Crippen LogP) is 2.49. The van der Waals surface area contributed by atoms with Gasteiger partial charge in [-0.25, -0.2) is 9.97 Å². The van der Waals surface area contributed by atoms with E-state index in [0.717, 1.165) is 44.3 Å². The van der Waals surface area contributed by atoms with E-state index in [-0.39, 0.29) is 0 Å². The third kappa shape index (κ3) is 3.37. The van der Waals surface area contributed by atoms with E-state index in [2.05, 4.69) is 31.0 Å². The minimum Gasteiger partial charge on any atom is -0.341 e. The van der Waals surface area contributed by atoms with Crippen molar-refractivity contribution < 1.29 is 0 Å². The van der Waals surface area contributed by atoms with Gasteiger partial charge in [-0.2, -0.15) is 0 Å². The van der Waals surface area contributed by atoms with Gasteiger partial charge in [-0.15, -0.1) is 0 Å². The number of aromatic nitrogens is 2. The molecule has 1 aliphatic carbocycles. The molecule has 4 heteroatoms. The second kappa shape index (κ2) is 6.30. The second-order valence-corrected chi connectivity index (χ2v) is 6.90. The fourth-order valence-electron chi connectivity index (χ4n) is 3.48. The summed E-state index contributed by atoms with van der Waals surface area (Å²) in [7, 11) is 0. The minimum atomic E-state index is 0.571. The van der Waals surface area contributed by atoms with Crippen molar-refractivity contribution in [1.82, 2.24) is 15.3 Å². The van der Waals surface area contributed by atoms with Gasteiger partial charge < -0.3 is 10.2 Å². The molecule has 21 heavy (non-hydrogen) atoms. The number of aryl methyl sites for hydroxylation is 2. The highest BCUT2D eigenvalue weighted by Crippen LogP contribution is 2.28. The van der Waals surface area contributed by atoms with Crippen LogP contribution < -0.4 is 10.2 Å². The molecule has 116 valence electrons. The molecule has 0 radical (unpaired) electrons. The molecule has 0 bridgehead atoms. The van der Waals surface area contributed by atoms with E-state index in [1.165, 1.54) is 36.2 Å². The van der Waals surface area contributed by atoms with Gasteiger partial charge in [0.2, 0.25) is 5.95 Å². The lowest BCUT2D eigenvalue weighted by Crippen LogP contribution is -2.32. The van der Waals surface area contributed by atoms with Crippen molar-refractivity contribution in [2.45, 2.75) is 58.9 Å². The van der Waals surface area contributed by atoms with Crippen molar-refractivity contribution in [2.75, 3.05) is 24.5 Å². The Morgan fingerprint density at radius 2 is 2.00 bits per heavy atom. The minimum absolute atomic E-state index is 0.571. The summed E-state index contributed by atoms with van der Waals surface area (Å²) in [5.74, 6) is 1.71. The van der Waals surface area contributed by atoms with Crippen LogP contribution in [0, 0.1) is 12.8 Å². The lowest BCUT2D eigenvalue weighted by atomic mass is 9.85. The Hall–Kier alpha value is -1.16. The van der Waals surface area contributed by atoms with E-state index in [1.54, 1.807) is 0 Å². The Labute approximate surface area is 128 Å². The molecule has 0 spiro atoms. The van der Waals surface area contributed by atoms with Gasteiger partial charge in [-0.3, -0.25) is 0 Å². The normalized spacial score (nSPS) is 21.9. The molecule has 1 fully saturated rings. The maximum absolute atomic E-state index is 4.88. The Balaban J connectivity index is 1.74. The van der Waals surface area contributed by atoms with Crippen LogP contribution in [0.3, 0.4) is 0 Å². The molecule has 0 saturated carbocycles. The van der Waals surface area contributed by atoms with Crippen LogP contribution >= 0.6 is 0 Å². The zero-order valence-electron chi connectivity index (χ0n) is 13.7. The van der Waals surface area contributed by atoms with Gasteiger partial charge in [0.1, 0.15) is 0 Å². The molecule has 0 aromatic carbocycles. The fourth-order valence-corrected chi connectivity index (χ4v) is 3.48. The highest BCUT2D eigenvalue weighted by Gasteiger charge is 2.24. The SMILES string of the molecule is Cc1nc(N2CCCC2)nc2c1CC(CNC(C)C)CC2. The number of nitrogens with zero attached hydrogens (tertiary/aromatic N) is 3. The van der Waals surface area contributed by atoms with E-state index in [0.29, 0.717) is 6.04 Å². The van der Waals surface area contributed by atoms with Crippen molar-refractivity contribution in [3.8, 4) is 0 Å². The Bertz CT molecular complexity index is 492. The smallest absolute Gasteiger partial charge is 0.225 e. The lowest BCUT2D eigenvalue weighted by Gasteiger charge is -2.27. The molecule has 1 saturated heterocycles. The lowest BCUT2D eigenvalue weighted by molar-refractivity contribution is 0.401. The van der Waals surface area contributed by atoms with Crippen LogP contribution in [0.2, 0.25) is 0 Å². The van der Waals surface area contributed by atoms with Gasteiger partial charge in [-0.1, -0.05) is 13.8 Å². The van der Waals surface area contributed by atoms with E-state index in [9.17, 15) is 0 Å². The number of fused-ring (bicyclic) bond motifs is 1. The molecule has 1 N–H and O–H groups in total. The molecule has 1 atom stereocenters. The van der Waals surface area contributed by atoms with Crippen molar-refractivity contribution in [2.24, 2.45) is 5.92 Å². The van der Waals surface area contributed by atoms with Gasteiger partial charge >= 0.3 is 0 Å². The summed E-state index contributed by atoms with van der Waals surface area (Å²) in [6.45, 7) is 9.96. The van der Waals surface area contributed by atoms with Crippen LogP contribution in [-0.2, 0) is 12.8 Å². The molecular formula is C17H28N4. The first kappa shape index (κ1) is 14.8. The number of anilines is 1. The van der Waals surface area contributed by atoms with Crippen molar-refractivity contribution in [1.29, 1.82) is 0 Å². The summed E-state index contributed by atoms with van der Waals surface area (Å²) in [4.78, 5) is 12.0. The van der Waals surface area contributed by atoms with Crippen LogP contribution in [0.4, 0.5) is 5.95 Å². The van der Waals surface area contributed by atoms with Crippen LogP contribution in [-0.4, -0.2) is 35.6 Å². The van der Waals surface area contributed by atoms with Crippen molar-refractivity contribution >= 4 is 5.95 Å². The number of nitrogens with one attached hydrogen (secondary N) is 1. The summed E-state index contributed by atoms with van der Waals surface area (Å²) < 4.78 is 0. The first-order chi connectivity index (χ1) is 10.1. The van der Waals surface area contributed by atoms with Gasteiger partial charge in [0.25, 0.3) is 0 Å².